The molecule has 0 saturated carbocycles. The van der Waals surface area contributed by atoms with E-state index in [1.807, 2.05) is 6.92 Å². The number of hydrogen-bond donors (Lipinski definition) is 2. The van der Waals surface area contributed by atoms with Gasteiger partial charge in [-0.05, 0) is 31.0 Å². The van der Waals surface area contributed by atoms with Gasteiger partial charge in [-0.1, -0.05) is 13.0 Å². The van der Waals surface area contributed by atoms with Crippen LogP contribution in [0.25, 0.3) is 0 Å². The van der Waals surface area contributed by atoms with Gasteiger partial charge < -0.3 is 15.4 Å². The molecule has 2 atom stereocenters. The molecule has 2 unspecified atom stereocenters. The van der Waals surface area contributed by atoms with Crippen LogP contribution in [-0.4, -0.2) is 24.9 Å². The lowest BCUT2D eigenvalue weighted by atomic mass is 10.0. The van der Waals surface area contributed by atoms with Gasteiger partial charge in [0.05, 0.1) is 6.04 Å². The summed E-state index contributed by atoms with van der Waals surface area (Å²) in [6.07, 6.45) is -3.85. The zero-order chi connectivity index (χ0) is 14.8. The third kappa shape index (κ3) is 3.86. The molecule has 1 aromatic carbocycles. The Morgan fingerprint density at radius 1 is 1.45 bits per heavy atom. The first kappa shape index (κ1) is 14.6. The van der Waals surface area contributed by atoms with Crippen LogP contribution in [0.15, 0.2) is 24.3 Å². The summed E-state index contributed by atoms with van der Waals surface area (Å²) in [6, 6.07) is 4.91. The highest BCUT2D eigenvalue weighted by atomic mass is 19.4. The second-order valence-corrected chi connectivity index (χ2v) is 4.76. The van der Waals surface area contributed by atoms with Crippen molar-refractivity contribution in [2.45, 2.75) is 25.7 Å². The van der Waals surface area contributed by atoms with Gasteiger partial charge in [0.2, 0.25) is 5.91 Å². The lowest BCUT2D eigenvalue weighted by Crippen LogP contribution is -2.39. The van der Waals surface area contributed by atoms with Crippen molar-refractivity contribution in [1.82, 2.24) is 5.32 Å². The van der Waals surface area contributed by atoms with E-state index in [1.54, 1.807) is 0 Å². The highest BCUT2D eigenvalue weighted by Crippen LogP contribution is 2.25. The summed E-state index contributed by atoms with van der Waals surface area (Å²) >= 11 is 0. The lowest BCUT2D eigenvalue weighted by molar-refractivity contribution is -0.274. The number of carbonyl (C=O) groups excluding carboxylic acids is 1. The fourth-order valence-corrected chi connectivity index (χ4v) is 2.18. The monoisotopic (exact) mass is 288 g/mol. The first-order valence-electron chi connectivity index (χ1n) is 6.25. The van der Waals surface area contributed by atoms with E-state index >= 15 is 0 Å². The van der Waals surface area contributed by atoms with Gasteiger partial charge in [0.15, 0.2) is 0 Å². The summed E-state index contributed by atoms with van der Waals surface area (Å²) in [5.41, 5.74) is 0.276. The summed E-state index contributed by atoms with van der Waals surface area (Å²) in [6.45, 7) is 2.71. The standard InChI is InChI=1S/C13H15F3N2O2/c1-8-5-6-17-11(8)12(19)18-9-3-2-4-10(7-9)20-13(14,15)16/h2-4,7-8,11,17H,5-6H2,1H3,(H,18,19). The van der Waals surface area contributed by atoms with E-state index in [2.05, 4.69) is 15.4 Å². The van der Waals surface area contributed by atoms with Crippen LogP contribution in [0.5, 0.6) is 5.75 Å². The predicted octanol–water partition coefficient (Wildman–Crippen LogP) is 2.52. The van der Waals surface area contributed by atoms with Crippen LogP contribution in [0.1, 0.15) is 13.3 Å². The predicted molar refractivity (Wildman–Crippen MR) is 67.3 cm³/mol. The van der Waals surface area contributed by atoms with E-state index in [0.29, 0.717) is 0 Å². The number of hydrogen-bond acceptors (Lipinski definition) is 3. The van der Waals surface area contributed by atoms with Crippen LogP contribution in [0, 0.1) is 5.92 Å². The number of nitrogens with one attached hydrogen (secondary N) is 2. The van der Waals surface area contributed by atoms with Gasteiger partial charge in [0.1, 0.15) is 5.75 Å². The molecule has 1 fully saturated rings. The maximum atomic E-state index is 12.1. The largest absolute Gasteiger partial charge is 0.573 e. The van der Waals surface area contributed by atoms with Gasteiger partial charge in [-0.2, -0.15) is 0 Å². The van der Waals surface area contributed by atoms with Crippen molar-refractivity contribution in [3.8, 4) is 5.75 Å². The summed E-state index contributed by atoms with van der Waals surface area (Å²) in [5.74, 6) is -0.411. The van der Waals surface area contributed by atoms with Crippen molar-refractivity contribution in [1.29, 1.82) is 0 Å². The molecule has 7 heteroatoms. The van der Waals surface area contributed by atoms with Crippen molar-refractivity contribution in [2.24, 2.45) is 5.92 Å². The molecular weight excluding hydrogens is 273 g/mol. The Bertz CT molecular complexity index is 491. The van der Waals surface area contributed by atoms with E-state index in [9.17, 15) is 18.0 Å². The van der Waals surface area contributed by atoms with Gasteiger partial charge in [0.25, 0.3) is 0 Å². The minimum Gasteiger partial charge on any atom is -0.406 e. The average Bonchev–Trinajstić information content (AvgIpc) is 2.73. The molecule has 1 amide bonds. The van der Waals surface area contributed by atoms with Gasteiger partial charge in [-0.25, -0.2) is 0 Å². The summed E-state index contributed by atoms with van der Waals surface area (Å²) in [5, 5.41) is 5.65. The maximum absolute atomic E-state index is 12.1. The third-order valence-corrected chi connectivity index (χ3v) is 3.15. The second kappa shape index (κ2) is 5.70. The van der Waals surface area contributed by atoms with E-state index in [4.69, 9.17) is 0 Å². The molecule has 110 valence electrons. The van der Waals surface area contributed by atoms with Gasteiger partial charge in [0, 0.05) is 11.8 Å². The number of rotatable bonds is 3. The summed E-state index contributed by atoms with van der Waals surface area (Å²) in [4.78, 5) is 12.0. The van der Waals surface area contributed by atoms with Crippen molar-refractivity contribution in [3.05, 3.63) is 24.3 Å². The molecule has 1 aromatic rings. The van der Waals surface area contributed by atoms with Crippen LogP contribution in [0.2, 0.25) is 0 Å². The fraction of sp³-hybridized carbons (Fsp3) is 0.462. The summed E-state index contributed by atoms with van der Waals surface area (Å²) in [7, 11) is 0. The topological polar surface area (TPSA) is 50.4 Å². The Morgan fingerprint density at radius 2 is 2.20 bits per heavy atom. The van der Waals surface area contributed by atoms with Crippen LogP contribution in [0.3, 0.4) is 0 Å². The zero-order valence-electron chi connectivity index (χ0n) is 10.8. The first-order valence-corrected chi connectivity index (χ1v) is 6.25. The van der Waals surface area contributed by atoms with Crippen molar-refractivity contribution >= 4 is 11.6 Å². The Labute approximate surface area is 114 Å². The Balaban J connectivity index is 2.02. The number of alkyl halides is 3. The molecule has 2 N–H and O–H groups in total. The molecule has 4 nitrogen and oxygen atoms in total. The number of benzene rings is 1. The molecule has 1 saturated heterocycles. The highest BCUT2D eigenvalue weighted by molar-refractivity contribution is 5.95. The van der Waals surface area contributed by atoms with Crippen LogP contribution >= 0.6 is 0 Å². The van der Waals surface area contributed by atoms with Crippen LogP contribution < -0.4 is 15.4 Å². The molecule has 0 spiro atoms. The van der Waals surface area contributed by atoms with Crippen molar-refractivity contribution in [3.63, 3.8) is 0 Å². The smallest absolute Gasteiger partial charge is 0.406 e. The molecule has 2 rings (SSSR count). The van der Waals surface area contributed by atoms with E-state index < -0.39 is 6.36 Å². The van der Waals surface area contributed by atoms with E-state index in [1.165, 1.54) is 18.2 Å². The van der Waals surface area contributed by atoms with Crippen LogP contribution in [-0.2, 0) is 4.79 Å². The molecule has 0 radical (unpaired) electrons. The molecule has 1 aliphatic heterocycles. The fourth-order valence-electron chi connectivity index (χ4n) is 2.18. The average molecular weight is 288 g/mol. The zero-order valence-corrected chi connectivity index (χ0v) is 10.8. The Kier molecular flexibility index (Phi) is 4.17. The summed E-state index contributed by atoms with van der Waals surface area (Å²) < 4.78 is 40.1. The van der Waals surface area contributed by atoms with Gasteiger partial charge >= 0.3 is 6.36 Å². The third-order valence-electron chi connectivity index (χ3n) is 3.15. The van der Waals surface area contributed by atoms with E-state index in [-0.39, 0.29) is 29.3 Å². The lowest BCUT2D eigenvalue weighted by Gasteiger charge is -2.16. The molecule has 0 aromatic heterocycles. The minimum absolute atomic E-state index is 0.199. The number of anilines is 1. The minimum atomic E-state index is -4.75. The molecule has 0 aliphatic carbocycles. The molecular formula is C13H15F3N2O2. The SMILES string of the molecule is CC1CCNC1C(=O)Nc1cccc(OC(F)(F)F)c1. The Hall–Kier alpha value is -1.76. The molecule has 1 aliphatic rings. The Morgan fingerprint density at radius 3 is 2.80 bits per heavy atom. The first-order chi connectivity index (χ1) is 9.35. The second-order valence-electron chi connectivity index (χ2n) is 4.76. The highest BCUT2D eigenvalue weighted by Gasteiger charge is 2.31. The molecule has 1 heterocycles. The van der Waals surface area contributed by atoms with Crippen LogP contribution in [0.4, 0.5) is 18.9 Å². The van der Waals surface area contributed by atoms with Gasteiger partial charge in [-0.3, -0.25) is 4.79 Å². The number of amides is 1. The number of ether oxygens (including phenoxy) is 1. The van der Waals surface area contributed by atoms with Crippen molar-refractivity contribution < 1.29 is 22.7 Å². The normalized spacial score (nSPS) is 22.6. The van der Waals surface area contributed by atoms with E-state index in [0.717, 1.165) is 19.0 Å². The molecule has 20 heavy (non-hydrogen) atoms. The quantitative estimate of drug-likeness (QED) is 0.898. The number of halogens is 3. The molecule has 0 bridgehead atoms. The maximum Gasteiger partial charge on any atom is 0.573 e. The van der Waals surface area contributed by atoms with Gasteiger partial charge in [-0.15, -0.1) is 13.2 Å². The number of carbonyl (C=O) groups is 1. The van der Waals surface area contributed by atoms with Crippen molar-refractivity contribution in [2.75, 3.05) is 11.9 Å².